The second-order valence-electron chi connectivity index (χ2n) is 4.48. The Labute approximate surface area is 92.3 Å². The number of hydrogen-bond donors (Lipinski definition) is 0. The minimum absolute atomic E-state index is 0.547. The lowest BCUT2D eigenvalue weighted by Gasteiger charge is -2.19. The molecule has 0 radical (unpaired) electrons. The summed E-state index contributed by atoms with van der Waals surface area (Å²) in [7, 11) is 0. The van der Waals surface area contributed by atoms with Crippen LogP contribution in [-0.4, -0.2) is 0 Å². The summed E-state index contributed by atoms with van der Waals surface area (Å²) in [6, 6.07) is 4.17. The van der Waals surface area contributed by atoms with Gasteiger partial charge in [0.05, 0.1) is 0 Å². The molecule has 0 unspecified atom stereocenters. The van der Waals surface area contributed by atoms with Crippen molar-refractivity contribution < 1.29 is 0 Å². The van der Waals surface area contributed by atoms with Gasteiger partial charge in [-0.25, -0.2) is 0 Å². The van der Waals surface area contributed by atoms with Gasteiger partial charge in [-0.1, -0.05) is 45.4 Å². The standard InChI is InChI=1S/C13H19Cl/c1-8(2)11-6-7-12(14)10(5)13(11)9(3)4/h6-9H,1-5H3. The summed E-state index contributed by atoms with van der Waals surface area (Å²) in [6.45, 7) is 11.0. The topological polar surface area (TPSA) is 0 Å². The Kier molecular flexibility index (Phi) is 3.60. The molecule has 0 heterocycles. The molecule has 0 aliphatic heterocycles. The molecule has 0 aromatic heterocycles. The summed E-state index contributed by atoms with van der Waals surface area (Å²) in [5.41, 5.74) is 4.10. The van der Waals surface area contributed by atoms with Gasteiger partial charge in [0.25, 0.3) is 0 Å². The molecule has 1 heteroatoms. The van der Waals surface area contributed by atoms with Crippen molar-refractivity contribution >= 4 is 11.6 Å². The van der Waals surface area contributed by atoms with Gasteiger partial charge in [0.2, 0.25) is 0 Å². The monoisotopic (exact) mass is 210 g/mol. The lowest BCUT2D eigenvalue weighted by Crippen LogP contribution is -2.01. The quantitative estimate of drug-likeness (QED) is 0.652. The molecule has 14 heavy (non-hydrogen) atoms. The van der Waals surface area contributed by atoms with Crippen LogP contribution in [0.1, 0.15) is 56.2 Å². The van der Waals surface area contributed by atoms with Gasteiger partial charge in [-0.2, -0.15) is 0 Å². The first-order chi connectivity index (χ1) is 6.45. The zero-order chi connectivity index (χ0) is 10.9. The van der Waals surface area contributed by atoms with E-state index < -0.39 is 0 Å². The smallest absolute Gasteiger partial charge is 0.0438 e. The van der Waals surface area contributed by atoms with E-state index in [2.05, 4.69) is 40.7 Å². The van der Waals surface area contributed by atoms with Crippen LogP contribution < -0.4 is 0 Å². The van der Waals surface area contributed by atoms with E-state index in [1.165, 1.54) is 16.7 Å². The predicted octanol–water partition coefficient (Wildman–Crippen LogP) is 4.90. The van der Waals surface area contributed by atoms with Crippen LogP contribution >= 0.6 is 11.6 Å². The third kappa shape index (κ3) is 2.12. The first kappa shape index (κ1) is 11.6. The molecular weight excluding hydrogens is 192 g/mol. The van der Waals surface area contributed by atoms with Crippen LogP contribution in [0.25, 0.3) is 0 Å². The highest BCUT2D eigenvalue weighted by atomic mass is 35.5. The van der Waals surface area contributed by atoms with Crippen LogP contribution in [0.4, 0.5) is 0 Å². The second-order valence-corrected chi connectivity index (χ2v) is 4.89. The van der Waals surface area contributed by atoms with Crippen molar-refractivity contribution in [3.05, 3.63) is 33.8 Å². The van der Waals surface area contributed by atoms with E-state index in [4.69, 9.17) is 11.6 Å². The Bertz CT molecular complexity index is 324. The normalized spacial score (nSPS) is 11.4. The summed E-state index contributed by atoms with van der Waals surface area (Å²) in [5, 5.41) is 0.887. The van der Waals surface area contributed by atoms with Crippen molar-refractivity contribution in [3.8, 4) is 0 Å². The largest absolute Gasteiger partial charge is 0.0840 e. The third-order valence-electron chi connectivity index (χ3n) is 2.68. The molecule has 0 aliphatic rings. The summed E-state index contributed by atoms with van der Waals surface area (Å²) in [6.07, 6.45) is 0. The van der Waals surface area contributed by atoms with E-state index in [1.54, 1.807) is 0 Å². The van der Waals surface area contributed by atoms with Crippen molar-refractivity contribution in [1.29, 1.82) is 0 Å². The zero-order valence-electron chi connectivity index (χ0n) is 9.69. The van der Waals surface area contributed by atoms with E-state index in [1.807, 2.05) is 6.07 Å². The highest BCUT2D eigenvalue weighted by molar-refractivity contribution is 6.31. The Balaban J connectivity index is 3.38. The fourth-order valence-corrected chi connectivity index (χ4v) is 2.16. The third-order valence-corrected chi connectivity index (χ3v) is 3.09. The molecular formula is C13H19Cl. The molecule has 0 atom stereocenters. The summed E-state index contributed by atoms with van der Waals surface area (Å²) < 4.78 is 0. The van der Waals surface area contributed by atoms with E-state index in [0.29, 0.717) is 11.8 Å². The molecule has 0 saturated heterocycles. The predicted molar refractivity (Wildman–Crippen MR) is 64.4 cm³/mol. The van der Waals surface area contributed by atoms with Crippen LogP contribution in [0.5, 0.6) is 0 Å². The first-order valence-electron chi connectivity index (χ1n) is 5.24. The molecule has 0 spiro atoms. The Morgan fingerprint density at radius 1 is 1.00 bits per heavy atom. The van der Waals surface area contributed by atoms with E-state index >= 15 is 0 Å². The maximum absolute atomic E-state index is 6.13. The van der Waals surface area contributed by atoms with Gasteiger partial charge in [0.15, 0.2) is 0 Å². The molecule has 0 saturated carbocycles. The average molecular weight is 211 g/mol. The number of hydrogen-bond acceptors (Lipinski definition) is 0. The molecule has 78 valence electrons. The van der Waals surface area contributed by atoms with Gasteiger partial charge in [-0.3, -0.25) is 0 Å². The number of rotatable bonds is 2. The van der Waals surface area contributed by atoms with Crippen molar-refractivity contribution in [2.45, 2.75) is 46.5 Å². The Morgan fingerprint density at radius 2 is 1.57 bits per heavy atom. The van der Waals surface area contributed by atoms with Gasteiger partial charge in [0, 0.05) is 5.02 Å². The van der Waals surface area contributed by atoms with E-state index in [-0.39, 0.29) is 0 Å². The molecule has 1 aromatic carbocycles. The SMILES string of the molecule is Cc1c(Cl)ccc(C(C)C)c1C(C)C. The molecule has 0 fully saturated rings. The van der Waals surface area contributed by atoms with Crippen molar-refractivity contribution in [1.82, 2.24) is 0 Å². The second kappa shape index (κ2) is 4.35. The van der Waals surface area contributed by atoms with Crippen LogP contribution in [0.2, 0.25) is 5.02 Å². The van der Waals surface area contributed by atoms with Gasteiger partial charge in [-0.05, 0) is 41.5 Å². The minimum Gasteiger partial charge on any atom is -0.0840 e. The summed E-state index contributed by atoms with van der Waals surface area (Å²) in [5.74, 6) is 1.12. The maximum Gasteiger partial charge on any atom is 0.0438 e. The molecule has 0 amide bonds. The lowest BCUT2D eigenvalue weighted by atomic mass is 9.87. The summed E-state index contributed by atoms with van der Waals surface area (Å²) >= 11 is 6.13. The highest BCUT2D eigenvalue weighted by Gasteiger charge is 2.13. The fraction of sp³-hybridized carbons (Fsp3) is 0.538. The van der Waals surface area contributed by atoms with Gasteiger partial charge in [0.1, 0.15) is 0 Å². The molecule has 0 bridgehead atoms. The van der Waals surface area contributed by atoms with Crippen LogP contribution in [-0.2, 0) is 0 Å². The van der Waals surface area contributed by atoms with Crippen LogP contribution in [0.3, 0.4) is 0 Å². The fourth-order valence-electron chi connectivity index (χ4n) is 1.99. The molecule has 1 aromatic rings. The molecule has 1 rings (SSSR count). The van der Waals surface area contributed by atoms with Crippen molar-refractivity contribution in [3.63, 3.8) is 0 Å². The molecule has 0 N–H and O–H groups in total. The Morgan fingerprint density at radius 3 is 2.00 bits per heavy atom. The van der Waals surface area contributed by atoms with Crippen LogP contribution in [0.15, 0.2) is 12.1 Å². The minimum atomic E-state index is 0.547. The van der Waals surface area contributed by atoms with Crippen molar-refractivity contribution in [2.24, 2.45) is 0 Å². The lowest BCUT2D eigenvalue weighted by molar-refractivity contribution is 0.783. The van der Waals surface area contributed by atoms with E-state index in [0.717, 1.165) is 5.02 Å². The highest BCUT2D eigenvalue weighted by Crippen LogP contribution is 2.32. The average Bonchev–Trinajstić information content (AvgIpc) is 2.08. The van der Waals surface area contributed by atoms with Gasteiger partial charge in [-0.15, -0.1) is 0 Å². The van der Waals surface area contributed by atoms with Crippen LogP contribution in [0, 0.1) is 6.92 Å². The number of halogens is 1. The van der Waals surface area contributed by atoms with E-state index in [9.17, 15) is 0 Å². The number of benzene rings is 1. The molecule has 0 nitrogen and oxygen atoms in total. The van der Waals surface area contributed by atoms with Gasteiger partial charge < -0.3 is 0 Å². The zero-order valence-corrected chi connectivity index (χ0v) is 10.4. The van der Waals surface area contributed by atoms with Crippen molar-refractivity contribution in [2.75, 3.05) is 0 Å². The van der Waals surface area contributed by atoms with Gasteiger partial charge >= 0.3 is 0 Å². The maximum atomic E-state index is 6.13. The first-order valence-corrected chi connectivity index (χ1v) is 5.61. The Hall–Kier alpha value is -0.490. The molecule has 0 aliphatic carbocycles. The summed E-state index contributed by atoms with van der Waals surface area (Å²) in [4.78, 5) is 0.